The molecule has 0 saturated carbocycles. The van der Waals surface area contributed by atoms with Crippen LogP contribution in [0.3, 0.4) is 0 Å². The number of hydrogen-bond acceptors (Lipinski definition) is 4. The number of aryl methyl sites for hydroxylation is 3. The van der Waals surface area contributed by atoms with Crippen molar-refractivity contribution in [3.05, 3.63) is 57.9 Å². The third-order valence-electron chi connectivity index (χ3n) is 6.26. The number of fused-ring (bicyclic) bond motifs is 1. The topological polar surface area (TPSA) is 71.7 Å². The van der Waals surface area contributed by atoms with Crippen LogP contribution in [-0.4, -0.2) is 35.8 Å². The molecule has 0 aliphatic carbocycles. The number of sulfonamides is 1. The maximum atomic E-state index is 13.0. The van der Waals surface area contributed by atoms with Crippen LogP contribution < -0.4 is 4.80 Å². The summed E-state index contributed by atoms with van der Waals surface area (Å²) in [6.45, 7) is 9.39. The molecule has 170 valence electrons. The molecule has 1 amide bonds. The van der Waals surface area contributed by atoms with Crippen molar-refractivity contribution in [2.45, 2.75) is 64.4 Å². The molecule has 1 fully saturated rings. The number of piperidine rings is 1. The maximum absolute atomic E-state index is 13.0. The first-order chi connectivity index (χ1) is 15.2. The average Bonchev–Trinajstić information content (AvgIpc) is 3.09. The largest absolute Gasteiger partial charge is 0.317 e. The second-order valence-corrected chi connectivity index (χ2v) is 11.3. The lowest BCUT2D eigenvalue weighted by Crippen LogP contribution is -2.41. The van der Waals surface area contributed by atoms with Crippen molar-refractivity contribution in [3.8, 4) is 0 Å². The number of carbonyl (C=O) groups excluding carboxylic acids is 1. The van der Waals surface area contributed by atoms with E-state index < -0.39 is 10.0 Å². The quantitative estimate of drug-likeness (QED) is 0.556. The van der Waals surface area contributed by atoms with E-state index in [-0.39, 0.29) is 16.8 Å². The summed E-state index contributed by atoms with van der Waals surface area (Å²) < 4.78 is 30.8. The zero-order valence-corrected chi connectivity index (χ0v) is 20.6. The Labute approximate surface area is 193 Å². The molecule has 6 nitrogen and oxygen atoms in total. The molecule has 1 aromatic heterocycles. The fraction of sp³-hybridized carbons (Fsp3) is 0.417. The first-order valence-corrected chi connectivity index (χ1v) is 13.3. The summed E-state index contributed by atoms with van der Waals surface area (Å²) in [4.78, 5) is 18.1. The first-order valence-electron chi connectivity index (χ1n) is 11.0. The highest BCUT2D eigenvalue weighted by atomic mass is 32.2. The van der Waals surface area contributed by atoms with Gasteiger partial charge in [-0.25, -0.2) is 8.42 Å². The molecule has 1 unspecified atom stereocenters. The van der Waals surface area contributed by atoms with Crippen LogP contribution in [0.4, 0.5) is 0 Å². The fourth-order valence-corrected chi connectivity index (χ4v) is 7.07. The zero-order valence-electron chi connectivity index (χ0n) is 19.0. The van der Waals surface area contributed by atoms with Gasteiger partial charge in [0.15, 0.2) is 4.80 Å². The Morgan fingerprint density at radius 1 is 1.12 bits per heavy atom. The zero-order chi connectivity index (χ0) is 23.0. The van der Waals surface area contributed by atoms with E-state index >= 15 is 0 Å². The highest BCUT2D eigenvalue weighted by Gasteiger charge is 2.30. The highest BCUT2D eigenvalue weighted by Crippen LogP contribution is 2.26. The summed E-state index contributed by atoms with van der Waals surface area (Å²) in [6.07, 6.45) is 2.81. The van der Waals surface area contributed by atoms with Gasteiger partial charge in [0.25, 0.3) is 5.91 Å². The number of rotatable bonds is 4. The highest BCUT2D eigenvalue weighted by molar-refractivity contribution is 7.89. The van der Waals surface area contributed by atoms with Gasteiger partial charge in [-0.3, -0.25) is 4.79 Å². The lowest BCUT2D eigenvalue weighted by Gasteiger charge is -2.32. The molecule has 0 N–H and O–H groups in total. The smallest absolute Gasteiger partial charge is 0.279 e. The van der Waals surface area contributed by atoms with Crippen molar-refractivity contribution < 1.29 is 13.2 Å². The first kappa shape index (κ1) is 22.9. The van der Waals surface area contributed by atoms with Crippen LogP contribution in [0.5, 0.6) is 0 Å². The second-order valence-electron chi connectivity index (χ2n) is 8.43. The summed E-state index contributed by atoms with van der Waals surface area (Å²) in [6, 6.07) is 10.4. The Hall–Kier alpha value is -2.29. The summed E-state index contributed by atoms with van der Waals surface area (Å²) in [5.41, 5.74) is 3.86. The standard InChI is InChI=1S/C24H29N3O3S2/c1-5-26-21-14-16(2)17(3)15-22(21)31-24(26)25-23(28)19-9-11-20(12-10-19)32(29,30)27-13-7-6-8-18(27)4/h9-12,14-15,18H,5-8,13H2,1-4H3. The van der Waals surface area contributed by atoms with Crippen molar-refractivity contribution in [1.29, 1.82) is 0 Å². The van der Waals surface area contributed by atoms with Crippen molar-refractivity contribution in [1.82, 2.24) is 8.87 Å². The van der Waals surface area contributed by atoms with Crippen molar-refractivity contribution in [3.63, 3.8) is 0 Å². The third kappa shape index (κ3) is 4.19. The predicted octanol–water partition coefficient (Wildman–Crippen LogP) is 4.64. The van der Waals surface area contributed by atoms with Gasteiger partial charge >= 0.3 is 0 Å². The lowest BCUT2D eigenvalue weighted by atomic mass is 10.1. The average molecular weight is 472 g/mol. The van der Waals surface area contributed by atoms with Gasteiger partial charge in [-0.05, 0) is 88.1 Å². The van der Waals surface area contributed by atoms with Gasteiger partial charge in [0.05, 0.1) is 15.1 Å². The lowest BCUT2D eigenvalue weighted by molar-refractivity contribution is 0.0997. The molecule has 3 aromatic rings. The predicted molar refractivity (Wildman–Crippen MR) is 129 cm³/mol. The molecule has 2 aromatic carbocycles. The van der Waals surface area contributed by atoms with E-state index in [4.69, 9.17) is 0 Å². The van der Waals surface area contributed by atoms with E-state index in [9.17, 15) is 13.2 Å². The van der Waals surface area contributed by atoms with Gasteiger partial charge < -0.3 is 4.57 Å². The molecular formula is C24H29N3O3S2. The molecule has 32 heavy (non-hydrogen) atoms. The normalized spacial score (nSPS) is 18.4. The van der Waals surface area contributed by atoms with E-state index in [0.29, 0.717) is 23.5 Å². The molecule has 0 radical (unpaired) electrons. The summed E-state index contributed by atoms with van der Waals surface area (Å²) in [5, 5.41) is 0. The van der Waals surface area contributed by atoms with Crippen LogP contribution in [0.2, 0.25) is 0 Å². The van der Waals surface area contributed by atoms with Gasteiger partial charge in [0.2, 0.25) is 10.0 Å². The molecule has 2 heterocycles. The molecular weight excluding hydrogens is 442 g/mol. The fourth-order valence-electron chi connectivity index (χ4n) is 4.20. The molecule has 1 atom stereocenters. The summed E-state index contributed by atoms with van der Waals surface area (Å²) in [5.74, 6) is -0.373. The van der Waals surface area contributed by atoms with Crippen LogP contribution >= 0.6 is 11.3 Å². The Bertz CT molecular complexity index is 1340. The molecule has 4 rings (SSSR count). The van der Waals surface area contributed by atoms with Crippen LogP contribution in [0.1, 0.15) is 54.6 Å². The van der Waals surface area contributed by atoms with Crippen LogP contribution in [0.15, 0.2) is 46.3 Å². The van der Waals surface area contributed by atoms with E-state index in [1.165, 1.54) is 34.6 Å². The number of benzene rings is 2. The number of nitrogens with zero attached hydrogens (tertiary/aromatic N) is 3. The van der Waals surface area contributed by atoms with Crippen molar-refractivity contribution in [2.24, 2.45) is 4.99 Å². The number of amides is 1. The van der Waals surface area contributed by atoms with E-state index in [2.05, 4.69) is 31.0 Å². The Morgan fingerprint density at radius 2 is 1.81 bits per heavy atom. The third-order valence-corrected chi connectivity index (χ3v) is 9.33. The Kier molecular flexibility index (Phi) is 6.38. The minimum atomic E-state index is -3.56. The van der Waals surface area contributed by atoms with Gasteiger partial charge in [-0.2, -0.15) is 9.30 Å². The van der Waals surface area contributed by atoms with E-state index in [1.807, 2.05) is 18.4 Å². The molecule has 1 aliphatic rings. The number of thiazole rings is 1. The number of hydrogen-bond donors (Lipinski definition) is 0. The monoisotopic (exact) mass is 471 g/mol. The molecule has 0 spiro atoms. The molecule has 0 bridgehead atoms. The minimum Gasteiger partial charge on any atom is -0.317 e. The summed E-state index contributed by atoms with van der Waals surface area (Å²) >= 11 is 1.49. The molecule has 8 heteroatoms. The van der Waals surface area contributed by atoms with Gasteiger partial charge in [-0.15, -0.1) is 0 Å². The van der Waals surface area contributed by atoms with E-state index in [1.54, 1.807) is 16.4 Å². The van der Waals surface area contributed by atoms with Gasteiger partial charge in [0.1, 0.15) is 0 Å². The van der Waals surface area contributed by atoms with Crippen molar-refractivity contribution in [2.75, 3.05) is 6.54 Å². The Balaban J connectivity index is 1.66. The van der Waals surface area contributed by atoms with Crippen LogP contribution in [-0.2, 0) is 16.6 Å². The second kappa shape index (κ2) is 8.92. The van der Waals surface area contributed by atoms with Crippen molar-refractivity contribution >= 4 is 37.5 Å². The van der Waals surface area contributed by atoms with Gasteiger partial charge in [-0.1, -0.05) is 17.8 Å². The van der Waals surface area contributed by atoms with Crippen LogP contribution in [0.25, 0.3) is 10.2 Å². The minimum absolute atomic E-state index is 0.00483. The molecule has 1 saturated heterocycles. The van der Waals surface area contributed by atoms with E-state index in [0.717, 1.165) is 29.5 Å². The summed E-state index contributed by atoms with van der Waals surface area (Å²) in [7, 11) is -3.56. The molecule has 1 aliphatic heterocycles. The van der Waals surface area contributed by atoms with Crippen LogP contribution in [0, 0.1) is 13.8 Å². The maximum Gasteiger partial charge on any atom is 0.279 e. The SMILES string of the molecule is CCn1c(=NC(=O)c2ccc(S(=O)(=O)N3CCCCC3C)cc2)sc2cc(C)c(C)cc21. The van der Waals surface area contributed by atoms with Gasteiger partial charge in [0, 0.05) is 24.7 Å². The number of carbonyl (C=O) groups is 1. The Morgan fingerprint density at radius 3 is 2.47 bits per heavy atom. The number of aromatic nitrogens is 1.